The number of amides is 1. The van der Waals surface area contributed by atoms with Gasteiger partial charge in [-0.05, 0) is 57.9 Å². The Morgan fingerprint density at radius 1 is 1.25 bits per heavy atom. The average Bonchev–Trinajstić information content (AvgIpc) is 3.02. The SMILES string of the molecule is CC(=O)OC1CC[C@@](C(=O)NCC2=C(OC(C)(C)C)CC(C)C(C(F)(F)F)=C2)(C(C)C)C1. The third-order valence-corrected chi connectivity index (χ3v) is 6.30. The molecule has 8 heteroatoms. The van der Waals surface area contributed by atoms with Crippen molar-refractivity contribution in [1.82, 2.24) is 5.32 Å². The normalized spacial score (nSPS) is 26.8. The first-order chi connectivity index (χ1) is 14.5. The number of carbonyl (C=O) groups excluding carboxylic acids is 2. The van der Waals surface area contributed by atoms with Crippen molar-refractivity contribution in [3.05, 3.63) is 23.0 Å². The summed E-state index contributed by atoms with van der Waals surface area (Å²) in [6.07, 6.45) is -1.98. The zero-order valence-corrected chi connectivity index (χ0v) is 20.1. The van der Waals surface area contributed by atoms with Gasteiger partial charge in [-0.3, -0.25) is 9.59 Å². The molecule has 1 N–H and O–H groups in total. The van der Waals surface area contributed by atoms with E-state index in [0.717, 1.165) is 6.08 Å². The van der Waals surface area contributed by atoms with Crippen LogP contribution in [-0.4, -0.2) is 36.3 Å². The van der Waals surface area contributed by atoms with Crippen LogP contribution in [0.25, 0.3) is 0 Å². The summed E-state index contributed by atoms with van der Waals surface area (Å²) >= 11 is 0. The Labute approximate surface area is 188 Å². The molecule has 0 radical (unpaired) electrons. The third-order valence-electron chi connectivity index (χ3n) is 6.30. The summed E-state index contributed by atoms with van der Waals surface area (Å²) in [6, 6.07) is 0. The number of ether oxygens (including phenoxy) is 2. The van der Waals surface area contributed by atoms with Gasteiger partial charge in [0, 0.05) is 31.0 Å². The Morgan fingerprint density at radius 3 is 2.38 bits per heavy atom. The number of halogens is 3. The van der Waals surface area contributed by atoms with Crippen LogP contribution in [-0.2, 0) is 19.1 Å². The van der Waals surface area contributed by atoms with E-state index in [4.69, 9.17) is 9.47 Å². The minimum Gasteiger partial charge on any atom is -0.492 e. The van der Waals surface area contributed by atoms with Gasteiger partial charge < -0.3 is 14.8 Å². The predicted molar refractivity (Wildman–Crippen MR) is 115 cm³/mol. The van der Waals surface area contributed by atoms with Gasteiger partial charge >= 0.3 is 12.1 Å². The Morgan fingerprint density at radius 2 is 1.88 bits per heavy atom. The van der Waals surface area contributed by atoms with Crippen molar-refractivity contribution < 1.29 is 32.2 Å². The maximum atomic E-state index is 13.5. The molecular formula is C24H36F3NO4. The lowest BCUT2D eigenvalue weighted by Crippen LogP contribution is -2.44. The van der Waals surface area contributed by atoms with Crippen molar-refractivity contribution in [1.29, 1.82) is 0 Å². The topological polar surface area (TPSA) is 64.6 Å². The lowest BCUT2D eigenvalue weighted by atomic mass is 9.74. The molecule has 0 aromatic rings. The molecule has 2 aliphatic carbocycles. The van der Waals surface area contributed by atoms with Crippen LogP contribution in [0, 0.1) is 17.3 Å². The molecule has 5 nitrogen and oxygen atoms in total. The summed E-state index contributed by atoms with van der Waals surface area (Å²) in [7, 11) is 0. The molecule has 0 spiro atoms. The summed E-state index contributed by atoms with van der Waals surface area (Å²) in [5, 5.41) is 2.86. The molecule has 182 valence electrons. The van der Waals surface area contributed by atoms with Crippen molar-refractivity contribution in [2.75, 3.05) is 6.54 Å². The second-order valence-electron chi connectivity index (χ2n) is 10.3. The van der Waals surface area contributed by atoms with E-state index >= 15 is 0 Å². The first-order valence-corrected chi connectivity index (χ1v) is 11.2. The molecule has 32 heavy (non-hydrogen) atoms. The van der Waals surface area contributed by atoms with E-state index in [9.17, 15) is 22.8 Å². The van der Waals surface area contributed by atoms with Crippen LogP contribution >= 0.6 is 0 Å². The average molecular weight is 460 g/mol. The van der Waals surface area contributed by atoms with E-state index in [1.54, 1.807) is 0 Å². The highest BCUT2D eigenvalue weighted by molar-refractivity contribution is 5.83. The van der Waals surface area contributed by atoms with E-state index in [1.807, 2.05) is 34.6 Å². The van der Waals surface area contributed by atoms with Crippen molar-refractivity contribution in [3.63, 3.8) is 0 Å². The maximum Gasteiger partial charge on any atom is 0.412 e. The molecule has 2 aliphatic rings. The van der Waals surface area contributed by atoms with Crippen LogP contribution in [0.5, 0.6) is 0 Å². The van der Waals surface area contributed by atoms with E-state index in [1.165, 1.54) is 13.8 Å². The van der Waals surface area contributed by atoms with Gasteiger partial charge in [0.2, 0.25) is 5.91 Å². The number of rotatable bonds is 6. The highest BCUT2D eigenvalue weighted by atomic mass is 19.4. The third kappa shape index (κ3) is 6.29. The molecule has 2 rings (SSSR count). The number of alkyl halides is 3. The number of hydrogen-bond acceptors (Lipinski definition) is 4. The van der Waals surface area contributed by atoms with E-state index in [0.29, 0.717) is 30.6 Å². The fraction of sp³-hybridized carbons (Fsp3) is 0.750. The standard InChI is InChI=1S/C24H36F3NO4/c1-14(2)23(9-8-18(12-23)31-16(4)29)21(30)28-13-17-11-19(24(25,26)27)15(3)10-20(17)32-22(5,6)7/h11,14-15,18H,8-10,12-13H2,1-7H3,(H,28,30)/t15?,18?,23-/m0/s1. The van der Waals surface area contributed by atoms with E-state index < -0.39 is 28.7 Å². The van der Waals surface area contributed by atoms with Crippen LogP contribution in [0.4, 0.5) is 13.2 Å². The van der Waals surface area contributed by atoms with Crippen LogP contribution in [0.3, 0.4) is 0 Å². The fourth-order valence-electron chi connectivity index (χ4n) is 4.63. The molecule has 2 unspecified atom stereocenters. The number of hydrogen-bond donors (Lipinski definition) is 1. The van der Waals surface area contributed by atoms with Gasteiger partial charge in [-0.15, -0.1) is 0 Å². The summed E-state index contributed by atoms with van der Waals surface area (Å²) in [4.78, 5) is 24.6. The summed E-state index contributed by atoms with van der Waals surface area (Å²) in [6.45, 7) is 12.2. The molecule has 0 aliphatic heterocycles. The first-order valence-electron chi connectivity index (χ1n) is 11.2. The van der Waals surface area contributed by atoms with Gasteiger partial charge in [0.1, 0.15) is 17.5 Å². The van der Waals surface area contributed by atoms with Gasteiger partial charge in [-0.2, -0.15) is 13.2 Å². The second-order valence-corrected chi connectivity index (χ2v) is 10.3. The smallest absolute Gasteiger partial charge is 0.412 e. The molecule has 0 bridgehead atoms. The van der Waals surface area contributed by atoms with Gasteiger partial charge in [-0.1, -0.05) is 20.8 Å². The van der Waals surface area contributed by atoms with Gasteiger partial charge in [0.25, 0.3) is 0 Å². The molecule has 0 aromatic heterocycles. The van der Waals surface area contributed by atoms with Crippen LogP contribution in [0.1, 0.15) is 74.1 Å². The molecule has 1 amide bonds. The van der Waals surface area contributed by atoms with Crippen molar-refractivity contribution in [2.24, 2.45) is 17.3 Å². The van der Waals surface area contributed by atoms with Crippen LogP contribution < -0.4 is 5.32 Å². The molecule has 0 heterocycles. The van der Waals surface area contributed by atoms with Gasteiger partial charge in [-0.25, -0.2) is 0 Å². The van der Waals surface area contributed by atoms with Crippen molar-refractivity contribution >= 4 is 11.9 Å². The zero-order chi connectivity index (χ0) is 24.5. The highest BCUT2D eigenvalue weighted by Crippen LogP contribution is 2.46. The Kier molecular flexibility index (Phi) is 7.78. The van der Waals surface area contributed by atoms with Crippen molar-refractivity contribution in [2.45, 2.75) is 92.0 Å². The largest absolute Gasteiger partial charge is 0.492 e. The van der Waals surface area contributed by atoms with E-state index in [-0.39, 0.29) is 36.9 Å². The molecule has 0 saturated heterocycles. The van der Waals surface area contributed by atoms with Crippen molar-refractivity contribution in [3.8, 4) is 0 Å². The highest BCUT2D eigenvalue weighted by Gasteiger charge is 2.48. The first kappa shape index (κ1) is 26.3. The number of nitrogens with one attached hydrogen (secondary N) is 1. The van der Waals surface area contributed by atoms with Crippen LogP contribution in [0.2, 0.25) is 0 Å². The molecule has 3 atom stereocenters. The number of carbonyl (C=O) groups is 2. The van der Waals surface area contributed by atoms with E-state index in [2.05, 4.69) is 5.32 Å². The summed E-state index contributed by atoms with van der Waals surface area (Å²) < 4.78 is 51.9. The lowest BCUT2D eigenvalue weighted by molar-refractivity contribution is -0.147. The summed E-state index contributed by atoms with van der Waals surface area (Å²) in [5.74, 6) is -0.889. The molecule has 1 fully saturated rings. The van der Waals surface area contributed by atoms with Crippen LogP contribution in [0.15, 0.2) is 23.0 Å². The second kappa shape index (κ2) is 9.48. The zero-order valence-electron chi connectivity index (χ0n) is 20.1. The number of allylic oxidation sites excluding steroid dienone is 2. The van der Waals surface area contributed by atoms with Gasteiger partial charge in [0.05, 0.1) is 5.41 Å². The minimum atomic E-state index is -4.44. The minimum absolute atomic E-state index is 0.0185. The maximum absolute atomic E-state index is 13.5. The Balaban J connectivity index is 2.27. The molecule has 0 aromatic carbocycles. The predicted octanol–water partition coefficient (Wildman–Crippen LogP) is 5.46. The Bertz CT molecular complexity index is 792. The Hall–Kier alpha value is -1.99. The molecule has 1 saturated carbocycles. The quantitative estimate of drug-likeness (QED) is 0.536. The fourth-order valence-corrected chi connectivity index (χ4v) is 4.63. The lowest BCUT2D eigenvalue weighted by Gasteiger charge is -2.34. The number of esters is 1. The molecular weight excluding hydrogens is 423 g/mol. The monoisotopic (exact) mass is 459 g/mol. The van der Waals surface area contributed by atoms with Gasteiger partial charge in [0.15, 0.2) is 0 Å². The summed E-state index contributed by atoms with van der Waals surface area (Å²) in [5.41, 5.74) is -1.58.